The highest BCUT2D eigenvalue weighted by Gasteiger charge is 2.08. The molecule has 0 aromatic heterocycles. The van der Waals surface area contributed by atoms with Crippen LogP contribution in [0.2, 0.25) is 0 Å². The summed E-state index contributed by atoms with van der Waals surface area (Å²) in [6.07, 6.45) is 0. The van der Waals surface area contributed by atoms with Crippen LogP contribution in [0.1, 0.15) is 0 Å². The van der Waals surface area contributed by atoms with Crippen molar-refractivity contribution in [2.45, 2.75) is 0 Å². The highest BCUT2D eigenvalue weighted by molar-refractivity contribution is 14.1. The minimum atomic E-state index is -3.41. The lowest BCUT2D eigenvalue weighted by molar-refractivity contribution is 0.605. The lowest BCUT2D eigenvalue weighted by Crippen LogP contribution is -2.13. The summed E-state index contributed by atoms with van der Waals surface area (Å²) in [6.45, 7) is 0. The normalized spacial score (nSPS) is 11.4. The van der Waals surface area contributed by atoms with Gasteiger partial charge in [0.15, 0.2) is 0 Å². The van der Waals surface area contributed by atoms with Crippen molar-refractivity contribution >= 4 is 65.8 Å². The number of nitrogens with one attached hydrogen (secondary N) is 1. The Labute approximate surface area is 110 Å². The molecule has 14 heavy (non-hydrogen) atoms. The van der Waals surface area contributed by atoms with E-state index in [0.717, 1.165) is 8.04 Å². The fourth-order valence-electron chi connectivity index (χ4n) is 0.766. The molecule has 1 aromatic rings. The van der Waals surface area contributed by atoms with E-state index in [1.807, 2.05) is 0 Å². The summed E-state index contributed by atoms with van der Waals surface area (Å²) < 4.78 is 26.4. The van der Waals surface area contributed by atoms with Gasteiger partial charge in [-0.2, -0.15) is 0 Å². The average molecular weight is 410 g/mol. The Balaban J connectivity index is 2.94. The SMILES string of the molecule is O=S(=O)(CCl)Nc1ccc(Br)c(I)c1. The molecule has 0 aliphatic carbocycles. The van der Waals surface area contributed by atoms with Crippen LogP contribution in [0.4, 0.5) is 5.69 Å². The summed E-state index contributed by atoms with van der Waals surface area (Å²) in [5.41, 5.74) is 0.512. The van der Waals surface area contributed by atoms with Gasteiger partial charge in [0.2, 0.25) is 10.0 Å². The molecule has 0 heterocycles. The molecule has 0 unspecified atom stereocenters. The first-order chi connectivity index (χ1) is 6.44. The monoisotopic (exact) mass is 409 g/mol. The van der Waals surface area contributed by atoms with Crippen molar-refractivity contribution in [1.82, 2.24) is 0 Å². The number of alkyl halides is 1. The van der Waals surface area contributed by atoms with Gasteiger partial charge in [0.05, 0.1) is 0 Å². The van der Waals surface area contributed by atoms with E-state index in [1.165, 1.54) is 0 Å². The van der Waals surface area contributed by atoms with Crippen LogP contribution in [-0.4, -0.2) is 13.6 Å². The van der Waals surface area contributed by atoms with Crippen molar-refractivity contribution in [2.75, 3.05) is 9.93 Å². The third kappa shape index (κ3) is 3.56. The molecule has 0 amide bonds. The van der Waals surface area contributed by atoms with Crippen LogP contribution in [0.15, 0.2) is 22.7 Å². The van der Waals surface area contributed by atoms with Crippen LogP contribution in [0.25, 0.3) is 0 Å². The fraction of sp³-hybridized carbons (Fsp3) is 0.143. The van der Waals surface area contributed by atoms with E-state index in [0.29, 0.717) is 5.69 Å². The van der Waals surface area contributed by atoms with Crippen LogP contribution in [0, 0.1) is 3.57 Å². The zero-order valence-corrected chi connectivity index (χ0v) is 12.1. The van der Waals surface area contributed by atoms with Gasteiger partial charge in [-0.1, -0.05) is 0 Å². The number of halogens is 3. The molecule has 0 bridgehead atoms. The summed E-state index contributed by atoms with van der Waals surface area (Å²) in [5.74, 6) is 0. The lowest BCUT2D eigenvalue weighted by atomic mass is 10.3. The third-order valence-electron chi connectivity index (χ3n) is 1.34. The van der Waals surface area contributed by atoms with Crippen molar-refractivity contribution < 1.29 is 8.42 Å². The molecule has 0 fully saturated rings. The number of hydrogen-bond acceptors (Lipinski definition) is 2. The van der Waals surface area contributed by atoms with Crippen LogP contribution in [-0.2, 0) is 10.0 Å². The Kier molecular flexibility index (Phi) is 4.48. The molecule has 0 aliphatic rings. The molecule has 0 saturated carbocycles. The Bertz CT molecular complexity index is 437. The molecule has 0 radical (unpaired) electrons. The zero-order valence-electron chi connectivity index (χ0n) is 6.80. The Morgan fingerprint density at radius 1 is 1.50 bits per heavy atom. The molecule has 0 spiro atoms. The summed E-state index contributed by atoms with van der Waals surface area (Å²) in [6, 6.07) is 5.15. The van der Waals surface area contributed by atoms with Crippen LogP contribution in [0.5, 0.6) is 0 Å². The molecule has 0 atom stereocenters. The zero-order chi connectivity index (χ0) is 10.8. The van der Waals surface area contributed by atoms with E-state index >= 15 is 0 Å². The molecule has 1 N–H and O–H groups in total. The van der Waals surface area contributed by atoms with E-state index in [9.17, 15) is 8.42 Å². The van der Waals surface area contributed by atoms with Gasteiger partial charge in [0.25, 0.3) is 0 Å². The minimum Gasteiger partial charge on any atom is -0.283 e. The minimum absolute atomic E-state index is 0.445. The summed E-state index contributed by atoms with van der Waals surface area (Å²) in [4.78, 5) is 0. The first kappa shape index (κ1) is 12.5. The third-order valence-corrected chi connectivity index (χ3v) is 5.36. The smallest absolute Gasteiger partial charge is 0.246 e. The van der Waals surface area contributed by atoms with Gasteiger partial charge in [-0.15, -0.1) is 11.6 Å². The van der Waals surface area contributed by atoms with Crippen LogP contribution < -0.4 is 4.72 Å². The van der Waals surface area contributed by atoms with Gasteiger partial charge in [0, 0.05) is 13.7 Å². The van der Waals surface area contributed by atoms with Crippen molar-refractivity contribution in [2.24, 2.45) is 0 Å². The first-order valence-corrected chi connectivity index (χ1v) is 7.52. The van der Waals surface area contributed by atoms with Gasteiger partial charge in [-0.3, -0.25) is 4.72 Å². The summed E-state index contributed by atoms with van der Waals surface area (Å²) in [7, 11) is -3.41. The van der Waals surface area contributed by atoms with Crippen molar-refractivity contribution in [3.05, 3.63) is 26.2 Å². The predicted molar refractivity (Wildman–Crippen MR) is 70.1 cm³/mol. The Morgan fingerprint density at radius 2 is 2.14 bits per heavy atom. The first-order valence-electron chi connectivity index (χ1n) is 3.46. The molecule has 0 aliphatic heterocycles. The second-order valence-corrected chi connectivity index (χ2v) is 6.78. The number of rotatable bonds is 3. The number of benzene rings is 1. The van der Waals surface area contributed by atoms with Gasteiger partial charge in [0.1, 0.15) is 5.21 Å². The van der Waals surface area contributed by atoms with E-state index in [-0.39, 0.29) is 0 Å². The quantitative estimate of drug-likeness (QED) is 0.615. The highest BCUT2D eigenvalue weighted by Crippen LogP contribution is 2.23. The fourth-order valence-corrected chi connectivity index (χ4v) is 2.23. The molecule has 1 rings (SSSR count). The Hall–Kier alpha value is 0.470. The molecule has 1 aromatic carbocycles. The average Bonchev–Trinajstić information content (AvgIpc) is 2.11. The molecule has 78 valence electrons. The molecule has 0 saturated heterocycles. The van der Waals surface area contributed by atoms with E-state index in [2.05, 4.69) is 43.2 Å². The maximum absolute atomic E-state index is 11.1. The second kappa shape index (κ2) is 5.00. The van der Waals surface area contributed by atoms with Gasteiger partial charge < -0.3 is 0 Å². The maximum atomic E-state index is 11.1. The number of sulfonamides is 1. The Morgan fingerprint density at radius 3 is 2.64 bits per heavy atom. The largest absolute Gasteiger partial charge is 0.283 e. The summed E-state index contributed by atoms with van der Waals surface area (Å²) >= 11 is 10.7. The van der Waals surface area contributed by atoms with Crippen LogP contribution >= 0.6 is 50.1 Å². The van der Waals surface area contributed by atoms with Gasteiger partial charge in [-0.25, -0.2) is 8.42 Å². The molecular weight excluding hydrogens is 404 g/mol. The molecular formula is C7H6BrClINO2S. The topological polar surface area (TPSA) is 46.2 Å². The molecule has 7 heteroatoms. The number of anilines is 1. The standard InChI is InChI=1S/C7H6BrClINO2S/c8-6-2-1-5(3-7(6)10)11-14(12,13)4-9/h1-3,11H,4H2. The maximum Gasteiger partial charge on any atom is 0.246 e. The van der Waals surface area contributed by atoms with Crippen molar-refractivity contribution in [3.8, 4) is 0 Å². The predicted octanol–water partition coefficient (Wildman–Crippen LogP) is 2.99. The van der Waals surface area contributed by atoms with E-state index < -0.39 is 15.2 Å². The highest BCUT2D eigenvalue weighted by atomic mass is 127. The van der Waals surface area contributed by atoms with Gasteiger partial charge >= 0.3 is 0 Å². The van der Waals surface area contributed by atoms with E-state index in [4.69, 9.17) is 11.6 Å². The van der Waals surface area contributed by atoms with E-state index in [1.54, 1.807) is 18.2 Å². The lowest BCUT2D eigenvalue weighted by Gasteiger charge is -2.05. The number of hydrogen-bond donors (Lipinski definition) is 1. The van der Waals surface area contributed by atoms with Crippen molar-refractivity contribution in [3.63, 3.8) is 0 Å². The second-order valence-electron chi connectivity index (χ2n) is 2.45. The summed E-state index contributed by atoms with van der Waals surface area (Å²) in [5, 5.41) is -0.445. The van der Waals surface area contributed by atoms with Gasteiger partial charge in [-0.05, 0) is 56.7 Å². The van der Waals surface area contributed by atoms with Crippen molar-refractivity contribution in [1.29, 1.82) is 0 Å². The molecule has 3 nitrogen and oxygen atoms in total. The van der Waals surface area contributed by atoms with Crippen LogP contribution in [0.3, 0.4) is 0 Å².